The van der Waals surface area contributed by atoms with Crippen molar-refractivity contribution in [2.45, 2.75) is 18.9 Å². The number of carboxylic acids is 2. The summed E-state index contributed by atoms with van der Waals surface area (Å²) < 4.78 is 0. The molecule has 6 N–H and O–H groups in total. The first kappa shape index (κ1) is 16.1. The molecule has 1 rings (SSSR count). The zero-order valence-corrected chi connectivity index (χ0v) is 10.1. The van der Waals surface area contributed by atoms with E-state index >= 15 is 0 Å². The Labute approximate surface area is 104 Å². The van der Waals surface area contributed by atoms with E-state index in [1.807, 2.05) is 0 Å². The standard InChI is InChI=1S/C7H11N3O2.C3H7NO2/c1-8-6(7(11)12)2-5-3-9-4-10-5;4-2-1-3(5)6/h3-4,6,8H,2H2,1H3,(H,9,10)(H,11,12);1-2,4H2,(H,5,6)/t6-;/m0./s1. The molecule has 0 saturated carbocycles. The fourth-order valence-corrected chi connectivity index (χ4v) is 1.05. The fourth-order valence-electron chi connectivity index (χ4n) is 1.05. The highest BCUT2D eigenvalue weighted by molar-refractivity contribution is 5.73. The minimum absolute atomic E-state index is 0.0694. The number of rotatable bonds is 6. The number of carbonyl (C=O) groups is 2. The van der Waals surface area contributed by atoms with Crippen molar-refractivity contribution in [1.82, 2.24) is 15.3 Å². The number of imidazole rings is 1. The largest absolute Gasteiger partial charge is 0.481 e. The van der Waals surface area contributed by atoms with Gasteiger partial charge in [-0.05, 0) is 7.05 Å². The molecule has 1 aromatic rings. The van der Waals surface area contributed by atoms with Gasteiger partial charge in [0.25, 0.3) is 0 Å². The molecule has 0 aromatic carbocycles. The van der Waals surface area contributed by atoms with Gasteiger partial charge in [0, 0.05) is 24.9 Å². The van der Waals surface area contributed by atoms with Crippen LogP contribution in [0.1, 0.15) is 12.1 Å². The molecule has 0 saturated heterocycles. The average Bonchev–Trinajstić information content (AvgIpc) is 2.78. The molecule has 0 radical (unpaired) electrons. The molecular weight excluding hydrogens is 240 g/mol. The third-order valence-electron chi connectivity index (χ3n) is 1.98. The van der Waals surface area contributed by atoms with Crippen molar-refractivity contribution in [2.75, 3.05) is 13.6 Å². The van der Waals surface area contributed by atoms with Crippen LogP contribution in [0, 0.1) is 0 Å². The highest BCUT2D eigenvalue weighted by Crippen LogP contribution is 1.97. The second-order valence-corrected chi connectivity index (χ2v) is 3.39. The first-order valence-corrected chi connectivity index (χ1v) is 5.30. The molecule has 1 aromatic heterocycles. The molecular formula is C10H18N4O4. The molecule has 18 heavy (non-hydrogen) atoms. The number of H-pyrrole nitrogens is 1. The van der Waals surface area contributed by atoms with E-state index < -0.39 is 18.0 Å². The maximum Gasteiger partial charge on any atom is 0.321 e. The fraction of sp³-hybridized carbons (Fsp3) is 0.500. The summed E-state index contributed by atoms with van der Waals surface area (Å²) >= 11 is 0. The van der Waals surface area contributed by atoms with Crippen LogP contribution in [0.2, 0.25) is 0 Å². The van der Waals surface area contributed by atoms with Crippen LogP contribution in [-0.4, -0.2) is 51.8 Å². The van der Waals surface area contributed by atoms with Gasteiger partial charge in [0.05, 0.1) is 12.7 Å². The normalized spacial score (nSPS) is 11.2. The Bertz CT molecular complexity index is 353. The predicted octanol–water partition coefficient (Wildman–Crippen LogP) is -0.955. The van der Waals surface area contributed by atoms with Crippen molar-refractivity contribution in [3.63, 3.8) is 0 Å². The van der Waals surface area contributed by atoms with Crippen molar-refractivity contribution >= 4 is 11.9 Å². The molecule has 8 nitrogen and oxygen atoms in total. The van der Waals surface area contributed by atoms with E-state index in [4.69, 9.17) is 15.9 Å². The Hall–Kier alpha value is -1.93. The van der Waals surface area contributed by atoms with Crippen LogP contribution in [-0.2, 0) is 16.0 Å². The van der Waals surface area contributed by atoms with Crippen molar-refractivity contribution < 1.29 is 19.8 Å². The molecule has 0 amide bonds. The van der Waals surface area contributed by atoms with Gasteiger partial charge < -0.3 is 26.2 Å². The van der Waals surface area contributed by atoms with Crippen LogP contribution in [0.5, 0.6) is 0 Å². The third kappa shape index (κ3) is 7.36. The van der Waals surface area contributed by atoms with E-state index in [0.717, 1.165) is 5.69 Å². The minimum atomic E-state index is -0.855. The predicted molar refractivity (Wildman–Crippen MR) is 64.1 cm³/mol. The van der Waals surface area contributed by atoms with Gasteiger partial charge in [0.1, 0.15) is 6.04 Å². The molecule has 102 valence electrons. The molecule has 0 unspecified atom stereocenters. The zero-order valence-electron chi connectivity index (χ0n) is 10.1. The quantitative estimate of drug-likeness (QED) is 0.442. The lowest BCUT2D eigenvalue weighted by Gasteiger charge is -2.08. The molecule has 0 aliphatic rings. The van der Waals surface area contributed by atoms with Crippen LogP contribution in [0.15, 0.2) is 12.5 Å². The van der Waals surface area contributed by atoms with E-state index in [1.54, 1.807) is 13.2 Å². The maximum atomic E-state index is 10.6. The zero-order chi connectivity index (χ0) is 14.0. The number of nitrogens with zero attached hydrogens (tertiary/aromatic N) is 1. The van der Waals surface area contributed by atoms with E-state index in [1.165, 1.54) is 6.33 Å². The average molecular weight is 258 g/mol. The molecule has 0 aliphatic carbocycles. The summed E-state index contributed by atoms with van der Waals surface area (Å²) in [5, 5.41) is 19.2. The summed E-state index contributed by atoms with van der Waals surface area (Å²) in [6.07, 6.45) is 3.64. The molecule has 0 fully saturated rings. The molecule has 0 spiro atoms. The van der Waals surface area contributed by atoms with Gasteiger partial charge >= 0.3 is 11.9 Å². The first-order chi connectivity index (χ1) is 8.51. The first-order valence-electron chi connectivity index (χ1n) is 5.30. The Kier molecular flexibility index (Phi) is 8.16. The SMILES string of the molecule is CN[C@@H](Cc1cnc[nH]1)C(=O)O.NCCC(=O)O. The van der Waals surface area contributed by atoms with Crippen molar-refractivity contribution in [1.29, 1.82) is 0 Å². The Morgan fingerprint density at radius 1 is 1.56 bits per heavy atom. The highest BCUT2D eigenvalue weighted by atomic mass is 16.4. The van der Waals surface area contributed by atoms with Gasteiger partial charge in [0.2, 0.25) is 0 Å². The van der Waals surface area contributed by atoms with E-state index in [-0.39, 0.29) is 13.0 Å². The summed E-state index contributed by atoms with van der Waals surface area (Å²) in [7, 11) is 1.62. The lowest BCUT2D eigenvalue weighted by atomic mass is 10.2. The van der Waals surface area contributed by atoms with Crippen LogP contribution in [0.4, 0.5) is 0 Å². The van der Waals surface area contributed by atoms with Crippen molar-refractivity contribution in [3.8, 4) is 0 Å². The highest BCUT2D eigenvalue weighted by Gasteiger charge is 2.15. The summed E-state index contributed by atoms with van der Waals surface area (Å²) in [5.74, 6) is -1.69. The van der Waals surface area contributed by atoms with Gasteiger partial charge in [-0.25, -0.2) is 4.98 Å². The number of aromatic nitrogens is 2. The van der Waals surface area contributed by atoms with Gasteiger partial charge in [-0.2, -0.15) is 0 Å². The van der Waals surface area contributed by atoms with Crippen LogP contribution in [0.3, 0.4) is 0 Å². The number of hydrogen-bond acceptors (Lipinski definition) is 5. The number of hydrogen-bond donors (Lipinski definition) is 5. The monoisotopic (exact) mass is 258 g/mol. The van der Waals surface area contributed by atoms with Crippen LogP contribution in [0.25, 0.3) is 0 Å². The molecule has 1 heterocycles. The second-order valence-electron chi connectivity index (χ2n) is 3.39. The Morgan fingerprint density at radius 2 is 2.22 bits per heavy atom. The van der Waals surface area contributed by atoms with Crippen LogP contribution >= 0.6 is 0 Å². The van der Waals surface area contributed by atoms with Gasteiger partial charge in [-0.1, -0.05) is 0 Å². The van der Waals surface area contributed by atoms with E-state index in [0.29, 0.717) is 6.42 Å². The number of nitrogens with two attached hydrogens (primary N) is 1. The lowest BCUT2D eigenvalue weighted by molar-refractivity contribution is -0.139. The minimum Gasteiger partial charge on any atom is -0.481 e. The summed E-state index contributed by atoms with van der Waals surface area (Å²) in [6, 6.07) is -0.551. The van der Waals surface area contributed by atoms with E-state index in [9.17, 15) is 9.59 Å². The van der Waals surface area contributed by atoms with Crippen molar-refractivity contribution in [3.05, 3.63) is 18.2 Å². The van der Waals surface area contributed by atoms with Crippen molar-refractivity contribution in [2.24, 2.45) is 5.73 Å². The van der Waals surface area contributed by atoms with Gasteiger partial charge in [-0.15, -0.1) is 0 Å². The maximum absolute atomic E-state index is 10.6. The number of nitrogens with one attached hydrogen (secondary N) is 2. The number of aliphatic carboxylic acids is 2. The molecule has 8 heteroatoms. The lowest BCUT2D eigenvalue weighted by Crippen LogP contribution is -2.35. The topological polar surface area (TPSA) is 141 Å². The Balaban J connectivity index is 0.000000411. The van der Waals surface area contributed by atoms with Crippen LogP contribution < -0.4 is 11.1 Å². The third-order valence-corrected chi connectivity index (χ3v) is 1.98. The second kappa shape index (κ2) is 9.14. The molecule has 0 bridgehead atoms. The number of aromatic amines is 1. The smallest absolute Gasteiger partial charge is 0.321 e. The summed E-state index contributed by atoms with van der Waals surface area (Å²) in [5.41, 5.74) is 5.67. The van der Waals surface area contributed by atoms with E-state index in [2.05, 4.69) is 15.3 Å². The molecule has 0 aliphatic heterocycles. The Morgan fingerprint density at radius 3 is 2.50 bits per heavy atom. The number of likely N-dealkylation sites (N-methyl/N-ethyl adjacent to an activating group) is 1. The number of carboxylic acid groups (broad SMARTS) is 2. The molecule has 1 atom stereocenters. The summed E-state index contributed by atoms with van der Waals surface area (Å²) in [6.45, 7) is 0.231. The van der Waals surface area contributed by atoms with Gasteiger partial charge in [0.15, 0.2) is 0 Å². The summed E-state index contributed by atoms with van der Waals surface area (Å²) in [4.78, 5) is 26.7. The van der Waals surface area contributed by atoms with Gasteiger partial charge in [-0.3, -0.25) is 9.59 Å².